The van der Waals surface area contributed by atoms with Crippen LogP contribution >= 0.6 is 0 Å². The van der Waals surface area contributed by atoms with Gasteiger partial charge in [0, 0.05) is 24.6 Å². The van der Waals surface area contributed by atoms with E-state index in [0.29, 0.717) is 13.2 Å². The van der Waals surface area contributed by atoms with Gasteiger partial charge in [0.25, 0.3) is 0 Å². The number of nitrogens with one attached hydrogen (secondary N) is 1. The molecular weight excluding hydrogens is 353 g/mol. The number of ether oxygens (including phenoxy) is 2. The molecule has 0 spiro atoms. The molecular formula is C24H30FNO2. The first kappa shape index (κ1) is 21.8. The van der Waals surface area contributed by atoms with Crippen LogP contribution in [0.5, 0.6) is 11.5 Å². The minimum Gasteiger partial charge on any atom is -0.494 e. The summed E-state index contributed by atoms with van der Waals surface area (Å²) in [7, 11) is 0. The van der Waals surface area contributed by atoms with Gasteiger partial charge in [0.2, 0.25) is 0 Å². The van der Waals surface area contributed by atoms with Crippen molar-refractivity contribution >= 4 is 0 Å². The highest BCUT2D eigenvalue weighted by molar-refractivity contribution is 5.38. The molecule has 0 bridgehead atoms. The Kier molecular flexibility index (Phi) is 9.96. The fourth-order valence-electron chi connectivity index (χ4n) is 2.80. The van der Waals surface area contributed by atoms with Crippen LogP contribution in [0.25, 0.3) is 0 Å². The van der Waals surface area contributed by atoms with Crippen LogP contribution in [-0.4, -0.2) is 19.8 Å². The molecule has 0 unspecified atom stereocenters. The Labute approximate surface area is 168 Å². The zero-order valence-corrected chi connectivity index (χ0v) is 16.9. The lowest BCUT2D eigenvalue weighted by atomic mass is 10.1. The maximum Gasteiger partial charge on any atom is 0.123 e. The van der Waals surface area contributed by atoms with Crippen molar-refractivity contribution in [3.8, 4) is 23.3 Å². The quantitative estimate of drug-likeness (QED) is 0.420. The molecule has 0 heterocycles. The Balaban J connectivity index is 1.63. The normalized spacial score (nSPS) is 10.2. The minimum absolute atomic E-state index is 0.225. The molecule has 0 aliphatic heterocycles. The van der Waals surface area contributed by atoms with E-state index in [2.05, 4.69) is 29.3 Å². The molecule has 2 aromatic carbocycles. The number of hydrogen-bond donors (Lipinski definition) is 1. The first-order valence-electron chi connectivity index (χ1n) is 10.1. The maximum absolute atomic E-state index is 12.8. The smallest absolute Gasteiger partial charge is 0.123 e. The van der Waals surface area contributed by atoms with Crippen molar-refractivity contribution in [3.63, 3.8) is 0 Å². The Morgan fingerprint density at radius 3 is 2.21 bits per heavy atom. The van der Waals surface area contributed by atoms with E-state index in [9.17, 15) is 4.39 Å². The van der Waals surface area contributed by atoms with E-state index in [4.69, 9.17) is 9.47 Å². The lowest BCUT2D eigenvalue weighted by Gasteiger charge is -2.11. The average molecular weight is 384 g/mol. The molecule has 0 atom stereocenters. The van der Waals surface area contributed by atoms with Crippen molar-refractivity contribution < 1.29 is 13.9 Å². The van der Waals surface area contributed by atoms with Gasteiger partial charge in [-0.1, -0.05) is 18.3 Å². The van der Waals surface area contributed by atoms with Gasteiger partial charge in [-0.05, 0) is 75.2 Å². The summed E-state index contributed by atoms with van der Waals surface area (Å²) in [6, 6.07) is 12.4. The van der Waals surface area contributed by atoms with Crippen LogP contribution in [0, 0.1) is 17.7 Å². The molecule has 0 fully saturated rings. The lowest BCUT2D eigenvalue weighted by molar-refractivity contribution is 0.322. The van der Waals surface area contributed by atoms with Crippen LogP contribution in [-0.2, 0) is 6.54 Å². The van der Waals surface area contributed by atoms with Gasteiger partial charge < -0.3 is 14.8 Å². The maximum atomic E-state index is 12.8. The molecule has 0 amide bonds. The summed E-state index contributed by atoms with van der Waals surface area (Å²) in [6.07, 6.45) is 4.19. The highest BCUT2D eigenvalue weighted by Gasteiger charge is 2.03. The summed E-state index contributed by atoms with van der Waals surface area (Å²) in [5.74, 6) is 7.70. The number of hydrogen-bond acceptors (Lipinski definition) is 3. The zero-order chi connectivity index (χ0) is 20.0. The molecule has 2 aromatic rings. The van der Waals surface area contributed by atoms with Gasteiger partial charge in [0.05, 0.1) is 13.2 Å². The summed E-state index contributed by atoms with van der Waals surface area (Å²) >= 11 is 0. The number of halogens is 1. The van der Waals surface area contributed by atoms with Gasteiger partial charge in [-0.15, -0.1) is 0 Å². The third kappa shape index (κ3) is 8.45. The number of unbranched alkanes of at least 4 members (excludes halogenated alkanes) is 3. The zero-order valence-electron chi connectivity index (χ0n) is 16.9. The van der Waals surface area contributed by atoms with Gasteiger partial charge in [-0.25, -0.2) is 4.39 Å². The van der Waals surface area contributed by atoms with E-state index >= 15 is 0 Å². The monoisotopic (exact) mass is 383 g/mol. The van der Waals surface area contributed by atoms with E-state index in [-0.39, 0.29) is 5.82 Å². The van der Waals surface area contributed by atoms with Crippen molar-refractivity contribution in [1.82, 2.24) is 5.32 Å². The second kappa shape index (κ2) is 12.8. The van der Waals surface area contributed by atoms with Gasteiger partial charge in [0.15, 0.2) is 0 Å². The summed E-state index contributed by atoms with van der Waals surface area (Å²) < 4.78 is 24.1. The standard InChI is InChI=1S/C24H30FNO2/c1-3-27-23-16-21(17-24(18-23)28-4-2)19-26-15-9-7-5-6-8-10-20-11-13-22(25)14-12-20/h11-14,16-18,26H,3-7,9,15,19H2,1-2H3. The second-order valence-electron chi connectivity index (χ2n) is 6.47. The largest absolute Gasteiger partial charge is 0.494 e. The molecule has 4 heteroatoms. The Hall–Kier alpha value is -2.51. The van der Waals surface area contributed by atoms with Crippen LogP contribution in [0.1, 0.15) is 50.7 Å². The molecule has 28 heavy (non-hydrogen) atoms. The fraction of sp³-hybridized carbons (Fsp3) is 0.417. The minimum atomic E-state index is -0.225. The van der Waals surface area contributed by atoms with E-state index < -0.39 is 0 Å². The molecule has 1 N–H and O–H groups in total. The predicted molar refractivity (Wildman–Crippen MR) is 112 cm³/mol. The average Bonchev–Trinajstić information content (AvgIpc) is 2.68. The fourth-order valence-corrected chi connectivity index (χ4v) is 2.80. The Bertz CT molecular complexity index is 738. The van der Waals surface area contributed by atoms with Crippen LogP contribution < -0.4 is 14.8 Å². The van der Waals surface area contributed by atoms with Gasteiger partial charge in [0.1, 0.15) is 17.3 Å². The van der Waals surface area contributed by atoms with Crippen molar-refractivity contribution in [3.05, 3.63) is 59.4 Å². The third-order valence-corrected chi connectivity index (χ3v) is 4.12. The van der Waals surface area contributed by atoms with Crippen LogP contribution in [0.3, 0.4) is 0 Å². The van der Waals surface area contributed by atoms with Crippen molar-refractivity contribution in [2.24, 2.45) is 0 Å². The van der Waals surface area contributed by atoms with Crippen LogP contribution in [0.4, 0.5) is 4.39 Å². The van der Waals surface area contributed by atoms with Crippen molar-refractivity contribution in [2.75, 3.05) is 19.8 Å². The van der Waals surface area contributed by atoms with E-state index in [0.717, 1.165) is 55.8 Å². The first-order chi connectivity index (χ1) is 13.7. The van der Waals surface area contributed by atoms with E-state index in [1.165, 1.54) is 17.7 Å². The van der Waals surface area contributed by atoms with Crippen LogP contribution in [0.15, 0.2) is 42.5 Å². The molecule has 0 saturated carbocycles. The molecule has 0 radical (unpaired) electrons. The van der Waals surface area contributed by atoms with E-state index in [1.807, 2.05) is 19.9 Å². The van der Waals surface area contributed by atoms with Gasteiger partial charge >= 0.3 is 0 Å². The Morgan fingerprint density at radius 2 is 1.57 bits per heavy atom. The lowest BCUT2D eigenvalue weighted by Crippen LogP contribution is -2.14. The molecule has 0 aliphatic rings. The molecule has 150 valence electrons. The highest BCUT2D eigenvalue weighted by Crippen LogP contribution is 2.23. The number of benzene rings is 2. The highest BCUT2D eigenvalue weighted by atomic mass is 19.1. The summed E-state index contributed by atoms with van der Waals surface area (Å²) in [5.41, 5.74) is 2.03. The second-order valence-corrected chi connectivity index (χ2v) is 6.47. The Morgan fingerprint density at radius 1 is 0.893 bits per heavy atom. The molecule has 0 saturated heterocycles. The summed E-state index contributed by atoms with van der Waals surface area (Å²) in [6.45, 7) is 7.02. The van der Waals surface area contributed by atoms with Crippen molar-refractivity contribution in [2.45, 2.75) is 46.1 Å². The van der Waals surface area contributed by atoms with Gasteiger partial charge in [-0.3, -0.25) is 0 Å². The van der Waals surface area contributed by atoms with Gasteiger partial charge in [-0.2, -0.15) is 0 Å². The van der Waals surface area contributed by atoms with E-state index in [1.54, 1.807) is 12.1 Å². The van der Waals surface area contributed by atoms with Crippen molar-refractivity contribution in [1.29, 1.82) is 0 Å². The molecule has 0 aromatic heterocycles. The third-order valence-electron chi connectivity index (χ3n) is 4.12. The summed E-state index contributed by atoms with van der Waals surface area (Å²) in [5, 5.41) is 3.48. The molecule has 2 rings (SSSR count). The predicted octanol–water partition coefficient (Wildman–Crippen LogP) is 5.32. The summed E-state index contributed by atoms with van der Waals surface area (Å²) in [4.78, 5) is 0. The SMILES string of the molecule is CCOc1cc(CNCCCCCC#Cc2ccc(F)cc2)cc(OCC)c1. The molecule has 0 aliphatic carbocycles. The first-order valence-corrected chi connectivity index (χ1v) is 10.1. The topological polar surface area (TPSA) is 30.5 Å². The molecule has 3 nitrogen and oxygen atoms in total. The van der Waals surface area contributed by atoms with Crippen LogP contribution in [0.2, 0.25) is 0 Å². The number of rotatable bonds is 11.